The molecule has 0 radical (unpaired) electrons. The number of aromatic amines is 1. The van der Waals surface area contributed by atoms with Gasteiger partial charge in [-0.15, -0.1) is 5.10 Å². The zero-order valence-corrected chi connectivity index (χ0v) is 14.8. The number of carbonyl (C=O) groups excluding carboxylic acids is 1. The number of hydrogen-bond donors (Lipinski definition) is 1. The van der Waals surface area contributed by atoms with Gasteiger partial charge in [0.1, 0.15) is 11.6 Å². The second-order valence-electron chi connectivity index (χ2n) is 5.81. The molecule has 1 aromatic carbocycles. The van der Waals surface area contributed by atoms with E-state index in [9.17, 15) is 4.79 Å². The number of hydrogen-bond acceptors (Lipinski definition) is 5. The van der Waals surface area contributed by atoms with Crippen LogP contribution in [0.3, 0.4) is 0 Å². The van der Waals surface area contributed by atoms with Crippen LogP contribution in [0.5, 0.6) is 5.75 Å². The van der Waals surface area contributed by atoms with Gasteiger partial charge < -0.3 is 9.64 Å². The van der Waals surface area contributed by atoms with Crippen molar-refractivity contribution >= 4 is 17.7 Å². The van der Waals surface area contributed by atoms with Crippen LogP contribution >= 0.6 is 11.8 Å². The van der Waals surface area contributed by atoms with E-state index < -0.39 is 0 Å². The van der Waals surface area contributed by atoms with Gasteiger partial charge in [-0.3, -0.25) is 9.89 Å². The minimum Gasteiger partial charge on any atom is -0.497 e. The summed E-state index contributed by atoms with van der Waals surface area (Å²) in [5.41, 5.74) is 1.12. The van der Waals surface area contributed by atoms with E-state index in [1.165, 1.54) is 11.8 Å². The number of amides is 1. The average Bonchev–Trinajstić information content (AvgIpc) is 3.35. The van der Waals surface area contributed by atoms with Crippen molar-refractivity contribution in [3.05, 3.63) is 35.7 Å². The molecule has 6 nitrogen and oxygen atoms in total. The van der Waals surface area contributed by atoms with Crippen molar-refractivity contribution < 1.29 is 9.53 Å². The first-order valence-corrected chi connectivity index (χ1v) is 9.14. The van der Waals surface area contributed by atoms with Crippen molar-refractivity contribution in [3.8, 4) is 5.75 Å². The topological polar surface area (TPSA) is 71.1 Å². The van der Waals surface area contributed by atoms with Crippen LogP contribution < -0.4 is 4.74 Å². The molecule has 1 aromatic heterocycles. The smallest absolute Gasteiger partial charge is 0.233 e. The highest BCUT2D eigenvalue weighted by atomic mass is 32.2. The molecule has 2 aromatic rings. The molecule has 1 aliphatic rings. The molecule has 1 fully saturated rings. The second-order valence-corrected chi connectivity index (χ2v) is 6.75. The molecule has 0 bridgehead atoms. The number of rotatable bonds is 8. The Morgan fingerprint density at radius 1 is 1.38 bits per heavy atom. The average molecular weight is 346 g/mol. The lowest BCUT2D eigenvalue weighted by Gasteiger charge is -2.22. The molecule has 0 atom stereocenters. The predicted octanol–water partition coefficient (Wildman–Crippen LogP) is 2.66. The van der Waals surface area contributed by atoms with Gasteiger partial charge in [0.15, 0.2) is 0 Å². The van der Waals surface area contributed by atoms with E-state index in [1.54, 1.807) is 7.11 Å². The van der Waals surface area contributed by atoms with Crippen LogP contribution in [-0.4, -0.2) is 44.9 Å². The molecule has 0 unspecified atom stereocenters. The van der Waals surface area contributed by atoms with Crippen molar-refractivity contribution in [1.82, 2.24) is 20.1 Å². The fourth-order valence-corrected chi connectivity index (χ4v) is 3.15. The lowest BCUT2D eigenvalue weighted by molar-refractivity contribution is -0.129. The highest BCUT2D eigenvalue weighted by Crippen LogP contribution is 2.29. The van der Waals surface area contributed by atoms with E-state index in [2.05, 4.69) is 15.2 Å². The number of aryl methyl sites for hydroxylation is 1. The molecule has 1 aliphatic carbocycles. The van der Waals surface area contributed by atoms with Crippen molar-refractivity contribution in [2.75, 3.05) is 12.9 Å². The Balaban J connectivity index is 1.58. The maximum Gasteiger partial charge on any atom is 0.233 e. The number of aromatic nitrogens is 3. The summed E-state index contributed by atoms with van der Waals surface area (Å²) in [6.45, 7) is 2.66. The Kier molecular flexibility index (Phi) is 5.40. The van der Waals surface area contributed by atoms with Crippen LogP contribution in [-0.2, 0) is 17.8 Å². The lowest BCUT2D eigenvalue weighted by atomic mass is 10.2. The SMILES string of the molecule is CCc1nc(SCC(=O)N(Cc2ccc(OC)cc2)C2CC2)n[nH]1. The van der Waals surface area contributed by atoms with Gasteiger partial charge in [-0.1, -0.05) is 30.8 Å². The first-order valence-electron chi connectivity index (χ1n) is 8.16. The normalized spacial score (nSPS) is 13.8. The molecule has 1 saturated carbocycles. The van der Waals surface area contributed by atoms with Crippen molar-refractivity contribution in [3.63, 3.8) is 0 Å². The summed E-state index contributed by atoms with van der Waals surface area (Å²) in [4.78, 5) is 18.9. The van der Waals surface area contributed by atoms with Crippen molar-refractivity contribution in [2.45, 2.75) is 43.9 Å². The lowest BCUT2D eigenvalue weighted by Crippen LogP contribution is -2.34. The zero-order valence-electron chi connectivity index (χ0n) is 14.0. The largest absolute Gasteiger partial charge is 0.497 e. The summed E-state index contributed by atoms with van der Waals surface area (Å²) in [7, 11) is 1.65. The van der Waals surface area contributed by atoms with Gasteiger partial charge >= 0.3 is 0 Å². The summed E-state index contributed by atoms with van der Waals surface area (Å²) in [5, 5.41) is 7.64. The molecule has 1 heterocycles. The Hall–Kier alpha value is -2.02. The van der Waals surface area contributed by atoms with E-state index in [0.29, 0.717) is 23.5 Å². The van der Waals surface area contributed by atoms with E-state index in [1.807, 2.05) is 36.1 Å². The van der Waals surface area contributed by atoms with Crippen LogP contribution in [0.1, 0.15) is 31.2 Å². The van der Waals surface area contributed by atoms with Gasteiger partial charge in [-0.25, -0.2) is 4.98 Å². The van der Waals surface area contributed by atoms with Gasteiger partial charge in [-0.2, -0.15) is 0 Å². The maximum atomic E-state index is 12.6. The van der Waals surface area contributed by atoms with Gasteiger partial charge in [0.25, 0.3) is 0 Å². The predicted molar refractivity (Wildman–Crippen MR) is 93.1 cm³/mol. The molecular weight excluding hydrogens is 324 g/mol. The standard InChI is InChI=1S/C17H22N4O2S/c1-3-15-18-17(20-19-15)24-11-16(22)21(13-6-7-13)10-12-4-8-14(23-2)9-5-12/h4-5,8-9,13H,3,6-7,10-11H2,1-2H3,(H,18,19,20). The van der Waals surface area contributed by atoms with E-state index in [4.69, 9.17) is 4.74 Å². The number of H-pyrrole nitrogens is 1. The third-order valence-electron chi connectivity index (χ3n) is 3.99. The van der Waals surface area contributed by atoms with Gasteiger partial charge in [-0.05, 0) is 30.5 Å². The third-order valence-corrected chi connectivity index (χ3v) is 4.82. The maximum absolute atomic E-state index is 12.6. The molecule has 7 heteroatoms. The molecule has 3 rings (SSSR count). The number of thioether (sulfide) groups is 1. The van der Waals surface area contributed by atoms with Crippen LogP contribution in [0.25, 0.3) is 0 Å². The Labute approximate surface area is 146 Å². The van der Waals surface area contributed by atoms with Gasteiger partial charge in [0.05, 0.1) is 12.9 Å². The molecular formula is C17H22N4O2S. The summed E-state index contributed by atoms with van der Waals surface area (Å²) in [6, 6.07) is 8.26. The summed E-state index contributed by atoms with van der Waals surface area (Å²) < 4.78 is 5.18. The number of methoxy groups -OCH3 is 1. The quantitative estimate of drug-likeness (QED) is 0.744. The minimum atomic E-state index is 0.140. The number of benzene rings is 1. The molecule has 0 aliphatic heterocycles. The zero-order chi connectivity index (χ0) is 16.9. The van der Waals surface area contributed by atoms with Crippen LogP contribution in [0.15, 0.2) is 29.4 Å². The van der Waals surface area contributed by atoms with Crippen molar-refractivity contribution in [2.24, 2.45) is 0 Å². The van der Waals surface area contributed by atoms with Crippen LogP contribution in [0.4, 0.5) is 0 Å². The summed E-state index contributed by atoms with van der Waals surface area (Å²) in [5.74, 6) is 2.19. The minimum absolute atomic E-state index is 0.140. The monoisotopic (exact) mass is 346 g/mol. The summed E-state index contributed by atoms with van der Waals surface area (Å²) >= 11 is 1.39. The summed E-state index contributed by atoms with van der Waals surface area (Å²) in [6.07, 6.45) is 2.99. The van der Waals surface area contributed by atoms with E-state index in [0.717, 1.165) is 36.4 Å². The van der Waals surface area contributed by atoms with Crippen molar-refractivity contribution in [1.29, 1.82) is 0 Å². The Morgan fingerprint density at radius 3 is 2.71 bits per heavy atom. The van der Waals surface area contributed by atoms with Gasteiger partial charge in [0.2, 0.25) is 11.1 Å². The highest BCUT2D eigenvalue weighted by Gasteiger charge is 2.32. The fraction of sp³-hybridized carbons (Fsp3) is 0.471. The molecule has 1 amide bonds. The second kappa shape index (κ2) is 7.70. The molecule has 0 spiro atoms. The van der Waals surface area contributed by atoms with Crippen LogP contribution in [0.2, 0.25) is 0 Å². The molecule has 128 valence electrons. The Morgan fingerprint density at radius 2 is 2.12 bits per heavy atom. The molecule has 1 N–H and O–H groups in total. The first-order chi connectivity index (χ1) is 11.7. The van der Waals surface area contributed by atoms with Crippen LogP contribution in [0, 0.1) is 0 Å². The third kappa shape index (κ3) is 4.29. The fourth-order valence-electron chi connectivity index (χ4n) is 2.44. The van der Waals surface area contributed by atoms with Gasteiger partial charge in [0, 0.05) is 19.0 Å². The number of ether oxygens (including phenoxy) is 1. The van der Waals surface area contributed by atoms with E-state index >= 15 is 0 Å². The molecule has 0 saturated heterocycles. The van der Waals surface area contributed by atoms with E-state index in [-0.39, 0.29) is 5.91 Å². The number of nitrogens with zero attached hydrogens (tertiary/aromatic N) is 3. The highest BCUT2D eigenvalue weighted by molar-refractivity contribution is 7.99. The number of nitrogens with one attached hydrogen (secondary N) is 1. The number of carbonyl (C=O) groups is 1. The first kappa shape index (κ1) is 16.8. The molecule has 24 heavy (non-hydrogen) atoms. The Bertz CT molecular complexity index is 682.